The number of anilines is 1. The van der Waals surface area contributed by atoms with Gasteiger partial charge in [-0.1, -0.05) is 0 Å². The molecule has 3 rings (SSSR count). The number of rotatable bonds is 8. The summed E-state index contributed by atoms with van der Waals surface area (Å²) in [5.41, 5.74) is 0.217. The van der Waals surface area contributed by atoms with Gasteiger partial charge in [-0.2, -0.15) is 5.10 Å². The third-order valence-corrected chi connectivity index (χ3v) is 3.91. The van der Waals surface area contributed by atoms with Crippen LogP contribution in [0.15, 0.2) is 48.7 Å². The summed E-state index contributed by atoms with van der Waals surface area (Å²) in [6, 6.07) is 8.96. The van der Waals surface area contributed by atoms with Crippen molar-refractivity contribution in [2.45, 2.75) is 13.0 Å². The van der Waals surface area contributed by atoms with Gasteiger partial charge in [0.05, 0.1) is 6.61 Å². The molecule has 0 fully saturated rings. The van der Waals surface area contributed by atoms with E-state index < -0.39 is 17.5 Å². The SMILES string of the molecule is COC[C@H](C)Oc1cc(Oc2cc(F)cc(F)c2)cc(C(=O)Nc2ccn(C)n2)c1. The molecule has 0 aliphatic rings. The van der Waals surface area contributed by atoms with E-state index in [4.69, 9.17) is 14.2 Å². The highest BCUT2D eigenvalue weighted by Crippen LogP contribution is 2.29. The summed E-state index contributed by atoms with van der Waals surface area (Å²) in [5, 5.41) is 6.77. The molecule has 0 unspecified atom stereocenters. The van der Waals surface area contributed by atoms with Gasteiger partial charge in [-0.05, 0) is 19.1 Å². The summed E-state index contributed by atoms with van der Waals surface area (Å²) in [6.07, 6.45) is 1.39. The molecule has 0 aliphatic carbocycles. The first-order chi connectivity index (χ1) is 14.3. The van der Waals surface area contributed by atoms with Crippen LogP contribution in [0, 0.1) is 11.6 Å². The minimum absolute atomic E-state index is 0.0503. The Bertz CT molecular complexity index is 1020. The van der Waals surface area contributed by atoms with Crippen LogP contribution in [0.2, 0.25) is 0 Å². The van der Waals surface area contributed by atoms with Crippen LogP contribution in [-0.4, -0.2) is 35.5 Å². The van der Waals surface area contributed by atoms with Crippen molar-refractivity contribution in [2.75, 3.05) is 19.0 Å². The Balaban J connectivity index is 1.89. The molecular formula is C21H21F2N3O4. The van der Waals surface area contributed by atoms with Gasteiger partial charge in [-0.15, -0.1) is 0 Å². The molecule has 1 heterocycles. The average Bonchev–Trinajstić information content (AvgIpc) is 3.05. The summed E-state index contributed by atoms with van der Waals surface area (Å²) in [5.74, 6) is -1.18. The molecule has 0 spiro atoms. The van der Waals surface area contributed by atoms with Gasteiger partial charge in [0, 0.05) is 56.2 Å². The lowest BCUT2D eigenvalue weighted by molar-refractivity contribution is 0.0915. The number of aromatic nitrogens is 2. The fourth-order valence-electron chi connectivity index (χ4n) is 2.72. The Hall–Kier alpha value is -3.46. The van der Waals surface area contributed by atoms with Crippen molar-refractivity contribution in [3.63, 3.8) is 0 Å². The highest BCUT2D eigenvalue weighted by molar-refractivity contribution is 6.04. The van der Waals surface area contributed by atoms with Crippen molar-refractivity contribution < 1.29 is 27.8 Å². The number of ether oxygens (including phenoxy) is 3. The zero-order chi connectivity index (χ0) is 21.7. The van der Waals surface area contributed by atoms with Gasteiger partial charge < -0.3 is 19.5 Å². The molecular weight excluding hydrogens is 396 g/mol. The highest BCUT2D eigenvalue weighted by atomic mass is 19.1. The minimum Gasteiger partial charge on any atom is -0.488 e. The van der Waals surface area contributed by atoms with Crippen LogP contribution in [0.3, 0.4) is 0 Å². The molecule has 1 aromatic heterocycles. The highest BCUT2D eigenvalue weighted by Gasteiger charge is 2.14. The monoisotopic (exact) mass is 417 g/mol. The molecule has 2 aromatic carbocycles. The van der Waals surface area contributed by atoms with Crippen molar-refractivity contribution in [1.29, 1.82) is 0 Å². The molecule has 1 amide bonds. The second-order valence-electron chi connectivity index (χ2n) is 6.61. The molecule has 158 valence electrons. The summed E-state index contributed by atoms with van der Waals surface area (Å²) in [4.78, 5) is 12.7. The molecule has 9 heteroatoms. The molecule has 0 radical (unpaired) electrons. The number of halogens is 2. The maximum absolute atomic E-state index is 13.5. The van der Waals surface area contributed by atoms with Gasteiger partial charge in [-0.25, -0.2) is 8.78 Å². The van der Waals surface area contributed by atoms with Gasteiger partial charge in [-0.3, -0.25) is 9.48 Å². The van der Waals surface area contributed by atoms with Crippen LogP contribution >= 0.6 is 0 Å². The maximum Gasteiger partial charge on any atom is 0.257 e. The van der Waals surface area contributed by atoms with E-state index in [0.29, 0.717) is 18.2 Å². The number of nitrogens with zero attached hydrogens (tertiary/aromatic N) is 2. The standard InChI is InChI=1S/C21H21F2N3O4/c1-13(12-28-3)29-17-6-14(21(27)24-20-4-5-26(2)25-20)7-18(11-17)30-19-9-15(22)8-16(23)10-19/h4-11,13H,12H2,1-3H3,(H,24,25,27)/t13-/m0/s1. The number of nitrogens with one attached hydrogen (secondary N) is 1. The minimum atomic E-state index is -0.778. The smallest absolute Gasteiger partial charge is 0.257 e. The number of carbonyl (C=O) groups is 1. The van der Waals surface area contributed by atoms with Crippen LogP contribution < -0.4 is 14.8 Å². The molecule has 0 aliphatic heterocycles. The van der Waals surface area contributed by atoms with E-state index in [9.17, 15) is 13.6 Å². The second-order valence-corrected chi connectivity index (χ2v) is 6.61. The number of aryl methyl sites for hydroxylation is 1. The van der Waals surface area contributed by atoms with Crippen LogP contribution in [-0.2, 0) is 11.8 Å². The van der Waals surface area contributed by atoms with Gasteiger partial charge >= 0.3 is 0 Å². The lowest BCUT2D eigenvalue weighted by Gasteiger charge is -2.16. The summed E-state index contributed by atoms with van der Waals surface area (Å²) in [6.45, 7) is 2.13. The lowest BCUT2D eigenvalue weighted by Crippen LogP contribution is -2.18. The topological polar surface area (TPSA) is 74.6 Å². The Labute approximate surface area is 172 Å². The Morgan fingerprint density at radius 1 is 1.10 bits per heavy atom. The summed E-state index contributed by atoms with van der Waals surface area (Å²) in [7, 11) is 3.27. The fourth-order valence-corrected chi connectivity index (χ4v) is 2.72. The van der Waals surface area contributed by atoms with E-state index in [1.54, 1.807) is 38.0 Å². The molecule has 30 heavy (non-hydrogen) atoms. The Morgan fingerprint density at radius 3 is 2.40 bits per heavy atom. The molecule has 7 nitrogen and oxygen atoms in total. The molecule has 0 saturated carbocycles. The number of benzene rings is 2. The van der Waals surface area contributed by atoms with E-state index >= 15 is 0 Å². The van der Waals surface area contributed by atoms with Crippen molar-refractivity contribution >= 4 is 11.7 Å². The predicted molar refractivity (Wildman–Crippen MR) is 106 cm³/mol. The number of hydrogen-bond acceptors (Lipinski definition) is 5. The van der Waals surface area contributed by atoms with Gasteiger partial charge in [0.15, 0.2) is 5.82 Å². The van der Waals surface area contributed by atoms with Crippen LogP contribution in [0.5, 0.6) is 17.2 Å². The number of methoxy groups -OCH3 is 1. The second kappa shape index (κ2) is 9.36. The molecule has 0 saturated heterocycles. The summed E-state index contributed by atoms with van der Waals surface area (Å²) >= 11 is 0. The van der Waals surface area contributed by atoms with E-state index in [-0.39, 0.29) is 23.2 Å². The first-order valence-electron chi connectivity index (χ1n) is 9.08. The van der Waals surface area contributed by atoms with E-state index in [1.165, 1.54) is 18.2 Å². The average molecular weight is 417 g/mol. The van der Waals surface area contributed by atoms with Crippen molar-refractivity contribution in [1.82, 2.24) is 9.78 Å². The van der Waals surface area contributed by atoms with Gasteiger partial charge in [0.25, 0.3) is 5.91 Å². The first kappa shape index (κ1) is 21.3. The maximum atomic E-state index is 13.5. The van der Waals surface area contributed by atoms with Gasteiger partial charge in [0.2, 0.25) is 0 Å². The summed E-state index contributed by atoms with van der Waals surface area (Å²) < 4.78 is 44.9. The molecule has 1 atom stereocenters. The van der Waals surface area contributed by atoms with Crippen molar-refractivity contribution in [2.24, 2.45) is 7.05 Å². The Kier molecular flexibility index (Phi) is 6.63. The van der Waals surface area contributed by atoms with Crippen molar-refractivity contribution in [3.05, 3.63) is 65.9 Å². The normalized spacial score (nSPS) is 11.8. The van der Waals surface area contributed by atoms with E-state index in [0.717, 1.165) is 18.2 Å². The van der Waals surface area contributed by atoms with Crippen molar-refractivity contribution in [3.8, 4) is 17.2 Å². The zero-order valence-electron chi connectivity index (χ0n) is 16.7. The molecule has 1 N–H and O–H groups in total. The van der Waals surface area contributed by atoms with Crippen LogP contribution in [0.25, 0.3) is 0 Å². The van der Waals surface area contributed by atoms with Crippen LogP contribution in [0.1, 0.15) is 17.3 Å². The van der Waals surface area contributed by atoms with Gasteiger partial charge in [0.1, 0.15) is 35.0 Å². The number of amides is 1. The largest absolute Gasteiger partial charge is 0.488 e. The first-order valence-corrected chi connectivity index (χ1v) is 9.08. The van der Waals surface area contributed by atoms with E-state index in [2.05, 4.69) is 10.4 Å². The van der Waals surface area contributed by atoms with Crippen LogP contribution in [0.4, 0.5) is 14.6 Å². The fraction of sp³-hybridized carbons (Fsp3) is 0.238. The zero-order valence-corrected chi connectivity index (χ0v) is 16.7. The predicted octanol–water partition coefficient (Wildman–Crippen LogP) is 4.16. The lowest BCUT2D eigenvalue weighted by atomic mass is 10.2. The molecule has 0 bridgehead atoms. The molecule has 3 aromatic rings. The third-order valence-electron chi connectivity index (χ3n) is 3.91. The quantitative estimate of drug-likeness (QED) is 0.596. The third kappa shape index (κ3) is 5.77. The number of carbonyl (C=O) groups excluding carboxylic acids is 1. The number of hydrogen-bond donors (Lipinski definition) is 1. The Morgan fingerprint density at radius 2 is 1.77 bits per heavy atom. The van der Waals surface area contributed by atoms with E-state index in [1.807, 2.05) is 0 Å².